The lowest BCUT2D eigenvalue weighted by molar-refractivity contribution is -0.137. The summed E-state index contributed by atoms with van der Waals surface area (Å²) in [6, 6.07) is 5.53. The number of halogens is 3. The molecule has 0 spiro atoms. The van der Waals surface area contributed by atoms with E-state index in [0.29, 0.717) is 6.42 Å². The Labute approximate surface area is 100 Å². The van der Waals surface area contributed by atoms with Gasteiger partial charge in [0, 0.05) is 5.54 Å². The van der Waals surface area contributed by atoms with Crippen molar-refractivity contribution < 1.29 is 13.2 Å². The fraction of sp³-hybridized carbons (Fsp3) is 0.538. The van der Waals surface area contributed by atoms with E-state index < -0.39 is 11.7 Å². The van der Waals surface area contributed by atoms with Crippen molar-refractivity contribution in [3.05, 3.63) is 35.4 Å². The van der Waals surface area contributed by atoms with Crippen LogP contribution in [0.15, 0.2) is 24.3 Å². The molecule has 0 bridgehead atoms. The molecule has 0 aliphatic heterocycles. The van der Waals surface area contributed by atoms with Crippen LogP contribution in [-0.4, -0.2) is 12.6 Å². The van der Waals surface area contributed by atoms with Crippen LogP contribution in [0.3, 0.4) is 0 Å². The third-order valence-corrected chi connectivity index (χ3v) is 2.97. The summed E-state index contributed by atoms with van der Waals surface area (Å²) in [4.78, 5) is 0. The Bertz CT molecular complexity index is 369. The van der Waals surface area contributed by atoms with Crippen LogP contribution in [0.4, 0.5) is 13.2 Å². The SMILES string of the molecule is CNC(C)(C)CCc1cccc(C(F)(F)F)c1. The van der Waals surface area contributed by atoms with Crippen LogP contribution in [0, 0.1) is 0 Å². The average Bonchev–Trinajstić information content (AvgIpc) is 2.26. The molecule has 1 aromatic carbocycles. The van der Waals surface area contributed by atoms with Crippen LogP contribution >= 0.6 is 0 Å². The summed E-state index contributed by atoms with van der Waals surface area (Å²) >= 11 is 0. The van der Waals surface area contributed by atoms with Crippen LogP contribution in [0.1, 0.15) is 31.4 Å². The van der Waals surface area contributed by atoms with Gasteiger partial charge in [0.1, 0.15) is 0 Å². The highest BCUT2D eigenvalue weighted by Gasteiger charge is 2.30. The zero-order valence-electron chi connectivity index (χ0n) is 10.4. The lowest BCUT2D eigenvalue weighted by Crippen LogP contribution is -2.36. The number of benzene rings is 1. The van der Waals surface area contributed by atoms with Gasteiger partial charge in [-0.2, -0.15) is 13.2 Å². The molecule has 1 aromatic rings. The highest BCUT2D eigenvalue weighted by molar-refractivity contribution is 5.25. The van der Waals surface area contributed by atoms with Gasteiger partial charge in [0.15, 0.2) is 0 Å². The van der Waals surface area contributed by atoms with E-state index in [2.05, 4.69) is 5.32 Å². The maximum atomic E-state index is 12.5. The second kappa shape index (κ2) is 5.08. The van der Waals surface area contributed by atoms with Crippen LogP contribution in [0.5, 0.6) is 0 Å². The van der Waals surface area contributed by atoms with Crippen LogP contribution in [0.2, 0.25) is 0 Å². The van der Waals surface area contributed by atoms with E-state index in [1.54, 1.807) is 6.07 Å². The second-order valence-corrected chi connectivity index (χ2v) is 4.83. The summed E-state index contributed by atoms with van der Waals surface area (Å²) < 4.78 is 37.5. The minimum atomic E-state index is -4.26. The monoisotopic (exact) mass is 245 g/mol. The molecule has 0 radical (unpaired) electrons. The first-order valence-corrected chi connectivity index (χ1v) is 5.60. The Morgan fingerprint density at radius 3 is 2.35 bits per heavy atom. The predicted molar refractivity (Wildman–Crippen MR) is 62.9 cm³/mol. The van der Waals surface area contributed by atoms with E-state index in [9.17, 15) is 13.2 Å². The summed E-state index contributed by atoms with van der Waals surface area (Å²) in [5.74, 6) is 0. The summed E-state index contributed by atoms with van der Waals surface area (Å²) in [7, 11) is 1.85. The molecule has 1 rings (SSSR count). The standard InChI is InChI=1S/C13H18F3N/c1-12(2,17-3)8-7-10-5-4-6-11(9-10)13(14,15)16/h4-6,9,17H,7-8H2,1-3H3. The topological polar surface area (TPSA) is 12.0 Å². The molecule has 0 unspecified atom stereocenters. The molecule has 0 heterocycles. The first-order valence-electron chi connectivity index (χ1n) is 5.60. The van der Waals surface area contributed by atoms with Gasteiger partial charge in [-0.15, -0.1) is 0 Å². The van der Waals surface area contributed by atoms with Crippen molar-refractivity contribution in [2.45, 2.75) is 38.4 Å². The lowest BCUT2D eigenvalue weighted by Gasteiger charge is -2.24. The summed E-state index contributed by atoms with van der Waals surface area (Å²) in [6.45, 7) is 4.06. The first-order chi connectivity index (χ1) is 7.74. The molecular formula is C13H18F3N. The Balaban J connectivity index is 2.74. The lowest BCUT2D eigenvalue weighted by atomic mass is 9.95. The molecule has 0 atom stereocenters. The van der Waals surface area contributed by atoms with E-state index in [4.69, 9.17) is 0 Å². The van der Waals surface area contributed by atoms with Crippen LogP contribution in [0.25, 0.3) is 0 Å². The van der Waals surface area contributed by atoms with Gasteiger partial charge in [-0.25, -0.2) is 0 Å². The van der Waals surface area contributed by atoms with E-state index in [0.717, 1.165) is 18.1 Å². The fourth-order valence-electron chi connectivity index (χ4n) is 1.49. The van der Waals surface area contributed by atoms with E-state index >= 15 is 0 Å². The number of alkyl halides is 3. The number of nitrogens with one attached hydrogen (secondary N) is 1. The molecule has 1 N–H and O–H groups in total. The smallest absolute Gasteiger partial charge is 0.315 e. The maximum absolute atomic E-state index is 12.5. The molecule has 0 aromatic heterocycles. The average molecular weight is 245 g/mol. The second-order valence-electron chi connectivity index (χ2n) is 4.83. The Morgan fingerprint density at radius 2 is 1.82 bits per heavy atom. The molecule has 1 nitrogen and oxygen atoms in total. The third kappa shape index (κ3) is 4.38. The Kier molecular flexibility index (Phi) is 4.20. The Morgan fingerprint density at radius 1 is 1.18 bits per heavy atom. The van der Waals surface area contributed by atoms with E-state index in [1.165, 1.54) is 12.1 Å². The van der Waals surface area contributed by atoms with Crippen molar-refractivity contribution >= 4 is 0 Å². The number of hydrogen-bond acceptors (Lipinski definition) is 1. The fourth-order valence-corrected chi connectivity index (χ4v) is 1.49. The molecule has 17 heavy (non-hydrogen) atoms. The molecule has 4 heteroatoms. The van der Waals surface area contributed by atoms with Crippen molar-refractivity contribution in [3.63, 3.8) is 0 Å². The zero-order valence-corrected chi connectivity index (χ0v) is 10.4. The van der Waals surface area contributed by atoms with Gasteiger partial charge < -0.3 is 5.32 Å². The van der Waals surface area contributed by atoms with Gasteiger partial charge in [-0.3, -0.25) is 0 Å². The minimum absolute atomic E-state index is 0.0613. The maximum Gasteiger partial charge on any atom is 0.416 e. The van der Waals surface area contributed by atoms with Crippen molar-refractivity contribution in [3.8, 4) is 0 Å². The molecule has 0 saturated heterocycles. The van der Waals surface area contributed by atoms with Gasteiger partial charge >= 0.3 is 6.18 Å². The Hall–Kier alpha value is -1.03. The minimum Gasteiger partial charge on any atom is -0.315 e. The van der Waals surface area contributed by atoms with Crippen LogP contribution in [-0.2, 0) is 12.6 Å². The summed E-state index contributed by atoms with van der Waals surface area (Å²) in [6.07, 6.45) is -2.82. The summed E-state index contributed by atoms with van der Waals surface area (Å²) in [5.41, 5.74) is 0.0919. The van der Waals surface area contributed by atoms with Gasteiger partial charge in [0.2, 0.25) is 0 Å². The molecule has 0 aliphatic rings. The summed E-state index contributed by atoms with van der Waals surface area (Å²) in [5, 5.41) is 3.13. The quantitative estimate of drug-likeness (QED) is 0.854. The van der Waals surface area contributed by atoms with Crippen molar-refractivity contribution in [1.29, 1.82) is 0 Å². The zero-order chi connectivity index (χ0) is 13.1. The van der Waals surface area contributed by atoms with E-state index in [-0.39, 0.29) is 5.54 Å². The number of rotatable bonds is 4. The normalized spacial score (nSPS) is 12.8. The van der Waals surface area contributed by atoms with Crippen molar-refractivity contribution in [1.82, 2.24) is 5.32 Å². The number of hydrogen-bond donors (Lipinski definition) is 1. The van der Waals surface area contributed by atoms with Crippen molar-refractivity contribution in [2.75, 3.05) is 7.05 Å². The molecular weight excluding hydrogens is 227 g/mol. The highest BCUT2D eigenvalue weighted by Crippen LogP contribution is 2.30. The molecule has 96 valence electrons. The molecule has 0 amide bonds. The first kappa shape index (κ1) is 14.0. The molecule has 0 aliphatic carbocycles. The third-order valence-electron chi connectivity index (χ3n) is 2.97. The highest BCUT2D eigenvalue weighted by atomic mass is 19.4. The van der Waals surface area contributed by atoms with E-state index in [1.807, 2.05) is 20.9 Å². The largest absolute Gasteiger partial charge is 0.416 e. The van der Waals surface area contributed by atoms with Gasteiger partial charge in [0.25, 0.3) is 0 Å². The van der Waals surface area contributed by atoms with Gasteiger partial charge in [-0.05, 0) is 45.4 Å². The van der Waals surface area contributed by atoms with Crippen molar-refractivity contribution in [2.24, 2.45) is 0 Å². The van der Waals surface area contributed by atoms with Gasteiger partial charge in [0.05, 0.1) is 5.56 Å². The molecule has 0 fully saturated rings. The number of aryl methyl sites for hydroxylation is 1. The van der Waals surface area contributed by atoms with Crippen LogP contribution < -0.4 is 5.32 Å². The van der Waals surface area contributed by atoms with Gasteiger partial charge in [-0.1, -0.05) is 18.2 Å². The molecule has 0 saturated carbocycles. The predicted octanol–water partition coefficient (Wildman–Crippen LogP) is 3.64.